The van der Waals surface area contributed by atoms with E-state index in [0.29, 0.717) is 10.6 Å². The van der Waals surface area contributed by atoms with Crippen LogP contribution in [-0.4, -0.2) is 5.91 Å². The van der Waals surface area contributed by atoms with Crippen LogP contribution < -0.4 is 11.3 Å². The zero-order chi connectivity index (χ0) is 9.84. The van der Waals surface area contributed by atoms with E-state index >= 15 is 0 Å². The molecule has 5 heteroatoms. The van der Waals surface area contributed by atoms with Crippen molar-refractivity contribution in [2.24, 2.45) is 5.84 Å². The Morgan fingerprint density at radius 1 is 1.54 bits per heavy atom. The Morgan fingerprint density at radius 3 is 2.69 bits per heavy atom. The fraction of sp³-hybridized carbons (Fsp3) is 0.125. The fourth-order valence-corrected chi connectivity index (χ4v) is 1.54. The highest BCUT2D eigenvalue weighted by Crippen LogP contribution is 2.26. The third-order valence-electron chi connectivity index (χ3n) is 1.59. The summed E-state index contributed by atoms with van der Waals surface area (Å²) in [7, 11) is 0. The lowest BCUT2D eigenvalue weighted by Crippen LogP contribution is -2.33. The minimum Gasteiger partial charge on any atom is -0.293 e. The lowest BCUT2D eigenvalue weighted by molar-refractivity contribution is -0.120. The van der Waals surface area contributed by atoms with Crippen molar-refractivity contribution in [1.29, 1.82) is 0 Å². The standard InChI is InChI=1S/C8H9ClN2OS/c9-6-4-2-1-3-5(6)7(13)8(12)11-10/h1-4,7,13H,10H2,(H,11,12). The van der Waals surface area contributed by atoms with Crippen LogP contribution in [0.1, 0.15) is 10.8 Å². The molecule has 1 unspecified atom stereocenters. The molecule has 0 aliphatic rings. The SMILES string of the molecule is NNC(=O)C(S)c1ccccc1Cl. The van der Waals surface area contributed by atoms with Gasteiger partial charge in [-0.05, 0) is 11.6 Å². The monoisotopic (exact) mass is 216 g/mol. The molecular weight excluding hydrogens is 208 g/mol. The molecule has 1 atom stereocenters. The van der Waals surface area contributed by atoms with E-state index in [4.69, 9.17) is 17.4 Å². The molecule has 1 aromatic carbocycles. The van der Waals surface area contributed by atoms with Gasteiger partial charge in [0.2, 0.25) is 0 Å². The molecule has 0 aliphatic carbocycles. The molecule has 70 valence electrons. The number of benzene rings is 1. The highest BCUT2D eigenvalue weighted by molar-refractivity contribution is 7.81. The van der Waals surface area contributed by atoms with Crippen LogP contribution in [0.25, 0.3) is 0 Å². The number of halogens is 1. The lowest BCUT2D eigenvalue weighted by Gasteiger charge is -2.10. The summed E-state index contributed by atoms with van der Waals surface area (Å²) in [6.07, 6.45) is 0. The van der Waals surface area contributed by atoms with E-state index in [-0.39, 0.29) is 5.91 Å². The van der Waals surface area contributed by atoms with Crippen LogP contribution >= 0.6 is 24.2 Å². The Bertz CT molecular complexity index is 319. The van der Waals surface area contributed by atoms with Gasteiger partial charge in [-0.2, -0.15) is 12.6 Å². The molecule has 0 saturated carbocycles. The average Bonchev–Trinajstić information content (AvgIpc) is 2.16. The maximum absolute atomic E-state index is 11.1. The molecule has 3 nitrogen and oxygen atoms in total. The van der Waals surface area contributed by atoms with Gasteiger partial charge in [-0.15, -0.1) is 0 Å². The van der Waals surface area contributed by atoms with Gasteiger partial charge in [0.15, 0.2) is 0 Å². The Morgan fingerprint density at radius 2 is 2.15 bits per heavy atom. The second-order valence-corrected chi connectivity index (χ2v) is 3.36. The lowest BCUT2D eigenvalue weighted by atomic mass is 10.1. The van der Waals surface area contributed by atoms with E-state index in [2.05, 4.69) is 12.6 Å². The Kier molecular flexibility index (Phi) is 3.59. The average molecular weight is 217 g/mol. The summed E-state index contributed by atoms with van der Waals surface area (Å²) in [6, 6.07) is 7.00. The number of carbonyl (C=O) groups excluding carboxylic acids is 1. The Balaban J connectivity index is 2.95. The number of nitrogens with two attached hydrogens (primary N) is 1. The van der Waals surface area contributed by atoms with Gasteiger partial charge in [0.1, 0.15) is 5.25 Å². The number of rotatable bonds is 2. The highest BCUT2D eigenvalue weighted by Gasteiger charge is 2.16. The molecule has 0 bridgehead atoms. The van der Waals surface area contributed by atoms with E-state index in [0.717, 1.165) is 0 Å². The molecule has 1 amide bonds. The highest BCUT2D eigenvalue weighted by atomic mass is 35.5. The molecule has 0 radical (unpaired) electrons. The van der Waals surface area contributed by atoms with Gasteiger partial charge in [-0.1, -0.05) is 29.8 Å². The van der Waals surface area contributed by atoms with E-state index in [1.54, 1.807) is 24.3 Å². The third-order valence-corrected chi connectivity index (χ3v) is 2.45. The smallest absolute Gasteiger partial charge is 0.251 e. The van der Waals surface area contributed by atoms with E-state index in [9.17, 15) is 4.79 Å². The maximum atomic E-state index is 11.1. The van der Waals surface area contributed by atoms with Gasteiger partial charge in [0, 0.05) is 5.02 Å². The summed E-state index contributed by atoms with van der Waals surface area (Å²) in [6.45, 7) is 0. The number of hydrogen-bond donors (Lipinski definition) is 3. The molecule has 0 heterocycles. The third kappa shape index (κ3) is 2.37. The minimum atomic E-state index is -0.626. The molecule has 0 saturated heterocycles. The minimum absolute atomic E-state index is 0.378. The first-order valence-corrected chi connectivity index (χ1v) is 4.49. The van der Waals surface area contributed by atoms with Crippen molar-refractivity contribution >= 4 is 30.1 Å². The summed E-state index contributed by atoms with van der Waals surface area (Å²) in [5, 5.41) is -0.121. The van der Waals surface area contributed by atoms with Crippen LogP contribution in [0.3, 0.4) is 0 Å². The van der Waals surface area contributed by atoms with Gasteiger partial charge in [0.05, 0.1) is 0 Å². The van der Waals surface area contributed by atoms with E-state index in [1.807, 2.05) is 5.43 Å². The molecular formula is C8H9ClN2OS. The van der Waals surface area contributed by atoms with Crippen molar-refractivity contribution < 1.29 is 4.79 Å². The normalized spacial score (nSPS) is 12.2. The molecule has 1 rings (SSSR count). The van der Waals surface area contributed by atoms with Crippen molar-refractivity contribution in [3.05, 3.63) is 34.9 Å². The topological polar surface area (TPSA) is 55.1 Å². The second-order valence-electron chi connectivity index (χ2n) is 2.43. The predicted octanol–water partition coefficient (Wildman–Crippen LogP) is 1.30. The molecule has 1 aromatic rings. The van der Waals surface area contributed by atoms with Crippen molar-refractivity contribution in [3.8, 4) is 0 Å². The van der Waals surface area contributed by atoms with Gasteiger partial charge in [-0.25, -0.2) is 5.84 Å². The summed E-state index contributed by atoms with van der Waals surface area (Å²) in [5.74, 6) is 4.59. The summed E-state index contributed by atoms with van der Waals surface area (Å²) >= 11 is 9.94. The Labute approximate surface area is 86.6 Å². The molecule has 0 spiro atoms. The number of carbonyl (C=O) groups is 1. The van der Waals surface area contributed by atoms with Gasteiger partial charge in [0.25, 0.3) is 5.91 Å². The van der Waals surface area contributed by atoms with Gasteiger partial charge in [-0.3, -0.25) is 10.2 Å². The quantitative estimate of drug-likeness (QED) is 0.302. The van der Waals surface area contributed by atoms with Crippen LogP contribution in [0, 0.1) is 0 Å². The first-order valence-electron chi connectivity index (χ1n) is 3.59. The van der Waals surface area contributed by atoms with Crippen LogP contribution in [0.15, 0.2) is 24.3 Å². The fourth-order valence-electron chi connectivity index (χ4n) is 0.917. The molecule has 13 heavy (non-hydrogen) atoms. The first-order chi connectivity index (χ1) is 6.16. The number of hydrazine groups is 1. The summed E-state index contributed by atoms with van der Waals surface area (Å²) < 4.78 is 0. The number of thiol groups is 1. The molecule has 0 aliphatic heterocycles. The molecule has 3 N–H and O–H groups in total. The number of hydrogen-bond acceptors (Lipinski definition) is 3. The van der Waals surface area contributed by atoms with Crippen LogP contribution in [-0.2, 0) is 4.79 Å². The van der Waals surface area contributed by atoms with Gasteiger partial charge >= 0.3 is 0 Å². The van der Waals surface area contributed by atoms with Crippen LogP contribution in [0.4, 0.5) is 0 Å². The maximum Gasteiger partial charge on any atom is 0.251 e. The Hall–Kier alpha value is -0.710. The van der Waals surface area contributed by atoms with Gasteiger partial charge < -0.3 is 0 Å². The van der Waals surface area contributed by atoms with Crippen LogP contribution in [0.2, 0.25) is 5.02 Å². The van der Waals surface area contributed by atoms with Crippen molar-refractivity contribution in [3.63, 3.8) is 0 Å². The molecule has 0 fully saturated rings. The zero-order valence-corrected chi connectivity index (χ0v) is 8.35. The summed E-state index contributed by atoms with van der Waals surface area (Å²) in [4.78, 5) is 11.1. The van der Waals surface area contributed by atoms with Crippen molar-refractivity contribution in [1.82, 2.24) is 5.43 Å². The number of amides is 1. The van der Waals surface area contributed by atoms with E-state index in [1.165, 1.54) is 0 Å². The van der Waals surface area contributed by atoms with Crippen molar-refractivity contribution in [2.75, 3.05) is 0 Å². The van der Waals surface area contributed by atoms with Crippen LogP contribution in [0.5, 0.6) is 0 Å². The van der Waals surface area contributed by atoms with E-state index < -0.39 is 5.25 Å². The largest absolute Gasteiger partial charge is 0.293 e. The summed E-state index contributed by atoms with van der Waals surface area (Å²) in [5.41, 5.74) is 2.67. The first kappa shape index (κ1) is 10.4. The van der Waals surface area contributed by atoms with Crippen molar-refractivity contribution in [2.45, 2.75) is 5.25 Å². The molecule has 0 aromatic heterocycles. The second kappa shape index (κ2) is 4.50. The predicted molar refractivity (Wildman–Crippen MR) is 55.5 cm³/mol. The zero-order valence-electron chi connectivity index (χ0n) is 6.70. The number of nitrogens with one attached hydrogen (secondary N) is 1.